The van der Waals surface area contributed by atoms with Crippen LogP contribution in [-0.4, -0.2) is 31.3 Å². The molecule has 0 aliphatic heterocycles. The van der Waals surface area contributed by atoms with Gasteiger partial charge >= 0.3 is 0 Å². The largest absolute Gasteiger partial charge is 0.310 e. The summed E-state index contributed by atoms with van der Waals surface area (Å²) in [4.78, 5) is 0. The van der Waals surface area contributed by atoms with Gasteiger partial charge in [-0.15, -0.1) is 0 Å². The first-order valence-corrected chi connectivity index (χ1v) is 12.2. The normalized spacial score (nSPS) is 13.0. The third-order valence-corrected chi connectivity index (χ3v) is 6.07. The van der Waals surface area contributed by atoms with E-state index in [1.54, 1.807) is 0 Å². The van der Waals surface area contributed by atoms with Gasteiger partial charge in [0.1, 0.15) is 12.7 Å². The average molecular weight is 390 g/mol. The third-order valence-electron chi connectivity index (χ3n) is 6.07. The molecule has 0 fully saturated rings. The Hall–Kier alpha value is -0.860. The summed E-state index contributed by atoms with van der Waals surface area (Å²) in [7, 11) is 4.72. The number of quaternary nitrogens is 1. The standard InChI is InChI=1S/C26H49N2/c1-5-7-8-9-10-11-12-13-14-15-16-20-23-27-26(6-2)28(3,4)24-25-21-18-17-19-22-25/h17-19,21-22,26-27H,5-16,20,23-24H2,1-4H3/q+1. The highest BCUT2D eigenvalue weighted by molar-refractivity contribution is 5.13. The summed E-state index contributed by atoms with van der Waals surface area (Å²) in [5.74, 6) is 0. The minimum atomic E-state index is 0.535. The lowest BCUT2D eigenvalue weighted by Crippen LogP contribution is -2.55. The Kier molecular flexibility index (Phi) is 14.4. The van der Waals surface area contributed by atoms with Crippen molar-refractivity contribution in [1.82, 2.24) is 5.32 Å². The van der Waals surface area contributed by atoms with Crippen LogP contribution in [0.4, 0.5) is 0 Å². The van der Waals surface area contributed by atoms with Gasteiger partial charge in [0.2, 0.25) is 0 Å². The molecule has 0 saturated heterocycles. The smallest absolute Gasteiger partial charge is 0.142 e. The first-order valence-electron chi connectivity index (χ1n) is 12.2. The molecule has 1 aromatic rings. The molecule has 0 radical (unpaired) electrons. The van der Waals surface area contributed by atoms with Crippen molar-refractivity contribution in [2.45, 2.75) is 110 Å². The van der Waals surface area contributed by atoms with Crippen molar-refractivity contribution in [3.05, 3.63) is 35.9 Å². The molecule has 2 nitrogen and oxygen atoms in total. The van der Waals surface area contributed by atoms with Gasteiger partial charge in [-0.3, -0.25) is 5.32 Å². The van der Waals surface area contributed by atoms with E-state index in [0.29, 0.717) is 6.17 Å². The topological polar surface area (TPSA) is 12.0 Å². The van der Waals surface area contributed by atoms with Crippen LogP contribution in [0.25, 0.3) is 0 Å². The number of nitrogens with zero attached hydrogens (tertiary/aromatic N) is 1. The predicted octanol–water partition coefficient (Wildman–Crippen LogP) is 7.29. The molecule has 0 heterocycles. The highest BCUT2D eigenvalue weighted by Gasteiger charge is 2.26. The van der Waals surface area contributed by atoms with Crippen molar-refractivity contribution in [3.63, 3.8) is 0 Å². The van der Waals surface area contributed by atoms with Crippen molar-refractivity contribution >= 4 is 0 Å². The van der Waals surface area contributed by atoms with Crippen LogP contribution < -0.4 is 5.32 Å². The summed E-state index contributed by atoms with van der Waals surface area (Å²) in [6.07, 6.45) is 18.8. The van der Waals surface area contributed by atoms with Crippen LogP contribution in [0.2, 0.25) is 0 Å². The van der Waals surface area contributed by atoms with Crippen LogP contribution in [0.5, 0.6) is 0 Å². The molecule has 1 rings (SSSR count). The number of benzene rings is 1. The molecule has 0 spiro atoms. The van der Waals surface area contributed by atoms with E-state index < -0.39 is 0 Å². The van der Waals surface area contributed by atoms with E-state index in [-0.39, 0.29) is 0 Å². The minimum absolute atomic E-state index is 0.535. The Morgan fingerprint density at radius 2 is 1.21 bits per heavy atom. The SMILES string of the molecule is CCCCCCCCCCCCCCNC(CC)[N+](C)(C)Cc1ccccc1. The molecule has 0 saturated carbocycles. The zero-order chi connectivity index (χ0) is 20.5. The zero-order valence-corrected chi connectivity index (χ0v) is 19.5. The predicted molar refractivity (Wildman–Crippen MR) is 125 cm³/mol. The summed E-state index contributed by atoms with van der Waals surface area (Å²) in [5.41, 5.74) is 1.43. The lowest BCUT2D eigenvalue weighted by molar-refractivity contribution is -0.931. The number of rotatable bonds is 18. The molecule has 1 N–H and O–H groups in total. The van der Waals surface area contributed by atoms with E-state index in [1.165, 1.54) is 89.0 Å². The van der Waals surface area contributed by atoms with Gasteiger partial charge < -0.3 is 4.48 Å². The Balaban J connectivity index is 2.04. The van der Waals surface area contributed by atoms with Crippen molar-refractivity contribution in [2.24, 2.45) is 0 Å². The molecule has 0 aromatic heterocycles. The molecular weight excluding hydrogens is 340 g/mol. The monoisotopic (exact) mass is 389 g/mol. The van der Waals surface area contributed by atoms with Gasteiger partial charge in [-0.1, -0.05) is 115 Å². The average Bonchev–Trinajstić information content (AvgIpc) is 2.68. The van der Waals surface area contributed by atoms with Gasteiger partial charge in [0.15, 0.2) is 0 Å². The second-order valence-corrected chi connectivity index (χ2v) is 9.19. The lowest BCUT2D eigenvalue weighted by Gasteiger charge is -2.38. The van der Waals surface area contributed by atoms with Gasteiger partial charge in [0.25, 0.3) is 0 Å². The fourth-order valence-electron chi connectivity index (χ4n) is 4.28. The van der Waals surface area contributed by atoms with E-state index >= 15 is 0 Å². The zero-order valence-electron chi connectivity index (χ0n) is 19.5. The van der Waals surface area contributed by atoms with Crippen LogP contribution in [-0.2, 0) is 6.54 Å². The fraction of sp³-hybridized carbons (Fsp3) is 0.769. The highest BCUT2D eigenvalue weighted by atomic mass is 15.4. The van der Waals surface area contributed by atoms with Gasteiger partial charge in [0.05, 0.1) is 14.1 Å². The molecule has 0 amide bonds. The first-order chi connectivity index (χ1) is 13.6. The molecular formula is C26H49N2+. The molecule has 1 unspecified atom stereocenters. The van der Waals surface area contributed by atoms with Gasteiger partial charge in [-0.25, -0.2) is 0 Å². The molecule has 2 heteroatoms. The number of unbranched alkanes of at least 4 members (excludes halogenated alkanes) is 11. The van der Waals surface area contributed by atoms with Crippen LogP contribution in [0.15, 0.2) is 30.3 Å². The first kappa shape index (κ1) is 25.2. The summed E-state index contributed by atoms with van der Waals surface area (Å²) in [5, 5.41) is 3.84. The van der Waals surface area contributed by atoms with Crippen molar-refractivity contribution in [3.8, 4) is 0 Å². The Bertz CT molecular complexity index is 455. The van der Waals surface area contributed by atoms with E-state index in [0.717, 1.165) is 17.6 Å². The van der Waals surface area contributed by atoms with Crippen LogP contribution in [0, 0.1) is 0 Å². The van der Waals surface area contributed by atoms with Crippen molar-refractivity contribution < 1.29 is 4.48 Å². The number of nitrogens with one attached hydrogen (secondary N) is 1. The molecule has 0 aliphatic rings. The summed E-state index contributed by atoms with van der Waals surface area (Å²) < 4.78 is 1.01. The lowest BCUT2D eigenvalue weighted by atomic mass is 10.1. The van der Waals surface area contributed by atoms with E-state index in [9.17, 15) is 0 Å². The second-order valence-electron chi connectivity index (χ2n) is 9.19. The highest BCUT2D eigenvalue weighted by Crippen LogP contribution is 2.15. The maximum atomic E-state index is 3.84. The maximum Gasteiger partial charge on any atom is 0.142 e. The van der Waals surface area contributed by atoms with Crippen LogP contribution >= 0.6 is 0 Å². The quantitative estimate of drug-likeness (QED) is 0.158. The fourth-order valence-corrected chi connectivity index (χ4v) is 4.28. The summed E-state index contributed by atoms with van der Waals surface area (Å²) >= 11 is 0. The van der Waals surface area contributed by atoms with Gasteiger partial charge in [-0.2, -0.15) is 0 Å². The second kappa shape index (κ2) is 16.0. The van der Waals surface area contributed by atoms with E-state index in [1.807, 2.05) is 0 Å². The van der Waals surface area contributed by atoms with Crippen molar-refractivity contribution in [1.29, 1.82) is 0 Å². The van der Waals surface area contributed by atoms with Crippen LogP contribution in [0.3, 0.4) is 0 Å². The Morgan fingerprint density at radius 3 is 1.71 bits per heavy atom. The number of hydrogen-bond acceptors (Lipinski definition) is 1. The molecule has 28 heavy (non-hydrogen) atoms. The Labute approximate surface area is 176 Å². The molecule has 0 bridgehead atoms. The molecule has 0 aliphatic carbocycles. The van der Waals surface area contributed by atoms with E-state index in [2.05, 4.69) is 63.6 Å². The van der Waals surface area contributed by atoms with Crippen molar-refractivity contribution in [2.75, 3.05) is 20.6 Å². The van der Waals surface area contributed by atoms with Crippen LogP contribution in [0.1, 0.15) is 103 Å². The molecule has 162 valence electrons. The third kappa shape index (κ3) is 11.9. The number of hydrogen-bond donors (Lipinski definition) is 1. The molecule has 1 atom stereocenters. The van der Waals surface area contributed by atoms with Gasteiger partial charge in [-0.05, 0) is 6.42 Å². The maximum absolute atomic E-state index is 3.84. The summed E-state index contributed by atoms with van der Waals surface area (Å²) in [6.45, 7) is 6.85. The van der Waals surface area contributed by atoms with E-state index in [4.69, 9.17) is 0 Å². The van der Waals surface area contributed by atoms with Gasteiger partial charge in [0, 0.05) is 18.5 Å². The molecule has 1 aromatic carbocycles. The summed E-state index contributed by atoms with van der Waals surface area (Å²) in [6, 6.07) is 10.9. The minimum Gasteiger partial charge on any atom is -0.310 e. The Morgan fingerprint density at radius 1 is 0.714 bits per heavy atom.